The van der Waals surface area contributed by atoms with Crippen molar-refractivity contribution in [1.29, 1.82) is 0 Å². The number of aliphatic hydroxyl groups excluding tert-OH is 1. The first-order valence-corrected chi connectivity index (χ1v) is 6.19. The molecule has 0 aliphatic heterocycles. The molecular formula is C14H19NO2. The number of benzene rings is 1. The number of hydrogen-bond acceptors (Lipinski definition) is 2. The Balaban J connectivity index is 1.82. The number of carbonyl (C=O) groups is 1. The predicted octanol–water partition coefficient (Wildman–Crippen LogP) is 1.94. The maximum absolute atomic E-state index is 11.6. The van der Waals surface area contributed by atoms with E-state index in [1.54, 1.807) is 0 Å². The maximum atomic E-state index is 11.6. The molecule has 3 nitrogen and oxygen atoms in total. The lowest BCUT2D eigenvalue weighted by Crippen LogP contribution is -2.36. The average molecular weight is 233 g/mol. The minimum Gasteiger partial charge on any atom is -0.387 e. The molecule has 0 unspecified atom stereocenters. The van der Waals surface area contributed by atoms with Gasteiger partial charge in [-0.1, -0.05) is 36.2 Å². The number of amides is 1. The van der Waals surface area contributed by atoms with Crippen LogP contribution in [0.1, 0.15) is 36.5 Å². The van der Waals surface area contributed by atoms with Crippen LogP contribution < -0.4 is 5.32 Å². The quantitative estimate of drug-likeness (QED) is 0.835. The summed E-state index contributed by atoms with van der Waals surface area (Å²) in [5.74, 6) is 0.266. The van der Waals surface area contributed by atoms with Gasteiger partial charge in [0.05, 0.1) is 6.10 Å². The van der Waals surface area contributed by atoms with E-state index in [1.165, 1.54) is 5.56 Å². The molecule has 2 N–H and O–H groups in total. The number of nitrogens with one attached hydrogen (secondary N) is 1. The van der Waals surface area contributed by atoms with Crippen LogP contribution in [0.3, 0.4) is 0 Å². The number of carbonyl (C=O) groups excluding carboxylic acids is 1. The summed E-state index contributed by atoms with van der Waals surface area (Å²) in [6, 6.07) is 7.73. The highest BCUT2D eigenvalue weighted by Crippen LogP contribution is 2.26. The first-order chi connectivity index (χ1) is 8.16. The molecule has 1 aliphatic carbocycles. The Kier molecular flexibility index (Phi) is 3.79. The van der Waals surface area contributed by atoms with Crippen molar-refractivity contribution < 1.29 is 9.90 Å². The van der Waals surface area contributed by atoms with Crippen LogP contribution in [0, 0.1) is 12.8 Å². The van der Waals surface area contributed by atoms with Crippen molar-refractivity contribution in [2.45, 2.75) is 32.3 Å². The molecule has 0 radical (unpaired) electrons. The van der Waals surface area contributed by atoms with Gasteiger partial charge in [0.25, 0.3) is 0 Å². The first-order valence-electron chi connectivity index (χ1n) is 6.19. The summed E-state index contributed by atoms with van der Waals surface area (Å²) in [4.78, 5) is 11.6. The molecule has 1 amide bonds. The Morgan fingerprint density at radius 1 is 1.41 bits per heavy atom. The van der Waals surface area contributed by atoms with Crippen LogP contribution >= 0.6 is 0 Å². The molecule has 0 aromatic heterocycles. The van der Waals surface area contributed by atoms with E-state index in [2.05, 4.69) is 5.32 Å². The average Bonchev–Trinajstić information content (AvgIpc) is 2.24. The van der Waals surface area contributed by atoms with Crippen molar-refractivity contribution in [2.24, 2.45) is 5.92 Å². The third-order valence-corrected chi connectivity index (χ3v) is 3.41. The van der Waals surface area contributed by atoms with Crippen LogP contribution in [-0.2, 0) is 4.79 Å². The van der Waals surface area contributed by atoms with Crippen molar-refractivity contribution in [3.8, 4) is 0 Å². The van der Waals surface area contributed by atoms with E-state index in [0.29, 0.717) is 6.54 Å². The largest absolute Gasteiger partial charge is 0.387 e. The van der Waals surface area contributed by atoms with Crippen molar-refractivity contribution >= 4 is 5.91 Å². The second kappa shape index (κ2) is 5.32. The first kappa shape index (κ1) is 12.1. The second-order valence-electron chi connectivity index (χ2n) is 4.80. The third kappa shape index (κ3) is 3.07. The molecule has 0 spiro atoms. The summed E-state index contributed by atoms with van der Waals surface area (Å²) in [7, 11) is 0. The van der Waals surface area contributed by atoms with Crippen LogP contribution in [0.2, 0.25) is 0 Å². The Labute approximate surface area is 102 Å². The smallest absolute Gasteiger partial charge is 0.223 e. The van der Waals surface area contributed by atoms with Gasteiger partial charge in [-0.25, -0.2) is 0 Å². The number of aliphatic hydroxyl groups is 1. The Hall–Kier alpha value is -1.35. The van der Waals surface area contributed by atoms with Crippen LogP contribution in [0.4, 0.5) is 0 Å². The number of hydrogen-bond donors (Lipinski definition) is 2. The lowest BCUT2D eigenvalue weighted by Gasteiger charge is -2.24. The zero-order valence-corrected chi connectivity index (χ0v) is 10.1. The van der Waals surface area contributed by atoms with Crippen LogP contribution in [0.15, 0.2) is 24.3 Å². The molecule has 1 atom stereocenters. The molecule has 2 rings (SSSR count). The van der Waals surface area contributed by atoms with Gasteiger partial charge in [0.2, 0.25) is 5.91 Å². The molecule has 1 aromatic carbocycles. The molecule has 3 heteroatoms. The molecule has 92 valence electrons. The molecule has 1 aliphatic rings. The molecule has 1 fully saturated rings. The molecule has 0 saturated heterocycles. The molecule has 1 aromatic rings. The van der Waals surface area contributed by atoms with Crippen molar-refractivity contribution in [3.63, 3.8) is 0 Å². The van der Waals surface area contributed by atoms with E-state index >= 15 is 0 Å². The van der Waals surface area contributed by atoms with Gasteiger partial charge >= 0.3 is 0 Å². The summed E-state index contributed by atoms with van der Waals surface area (Å²) in [5.41, 5.74) is 2.02. The Morgan fingerprint density at radius 2 is 2.06 bits per heavy atom. The van der Waals surface area contributed by atoms with Crippen LogP contribution in [0.25, 0.3) is 0 Å². The van der Waals surface area contributed by atoms with Crippen molar-refractivity contribution in [1.82, 2.24) is 5.32 Å². The summed E-state index contributed by atoms with van der Waals surface area (Å²) in [5, 5.41) is 12.7. The van der Waals surface area contributed by atoms with E-state index in [0.717, 1.165) is 24.8 Å². The van der Waals surface area contributed by atoms with Crippen LogP contribution in [0.5, 0.6) is 0 Å². The summed E-state index contributed by atoms with van der Waals surface area (Å²) in [6.07, 6.45) is 2.52. The fourth-order valence-electron chi connectivity index (χ4n) is 1.92. The lowest BCUT2D eigenvalue weighted by molar-refractivity contribution is -0.127. The topological polar surface area (TPSA) is 49.3 Å². The highest BCUT2D eigenvalue weighted by Gasteiger charge is 2.25. The minimum atomic E-state index is -0.611. The monoisotopic (exact) mass is 233 g/mol. The SMILES string of the molecule is Cc1ccc([C@@H](O)CNC(=O)C2CCC2)cc1. The Bertz CT molecular complexity index is 382. The molecule has 17 heavy (non-hydrogen) atoms. The van der Waals surface area contributed by atoms with E-state index in [4.69, 9.17) is 0 Å². The fourth-order valence-corrected chi connectivity index (χ4v) is 1.92. The standard InChI is InChI=1S/C14H19NO2/c1-10-5-7-11(8-6-10)13(16)9-15-14(17)12-3-2-4-12/h5-8,12-13,16H,2-4,9H2,1H3,(H,15,17)/t13-/m0/s1. The summed E-state index contributed by atoms with van der Waals surface area (Å²) in [6.45, 7) is 2.31. The molecule has 1 saturated carbocycles. The fraction of sp³-hybridized carbons (Fsp3) is 0.500. The molecule has 0 heterocycles. The second-order valence-corrected chi connectivity index (χ2v) is 4.80. The minimum absolute atomic E-state index is 0.0856. The molecule has 0 bridgehead atoms. The van der Waals surface area contributed by atoms with Crippen molar-refractivity contribution in [2.75, 3.05) is 6.54 Å². The van der Waals surface area contributed by atoms with Gasteiger partial charge in [-0.3, -0.25) is 4.79 Å². The number of rotatable bonds is 4. The van der Waals surface area contributed by atoms with Gasteiger partial charge in [-0.15, -0.1) is 0 Å². The zero-order chi connectivity index (χ0) is 12.3. The van der Waals surface area contributed by atoms with E-state index < -0.39 is 6.10 Å². The summed E-state index contributed by atoms with van der Waals surface area (Å²) < 4.78 is 0. The van der Waals surface area contributed by atoms with Gasteiger partial charge in [-0.2, -0.15) is 0 Å². The van der Waals surface area contributed by atoms with Gasteiger partial charge in [-0.05, 0) is 25.3 Å². The van der Waals surface area contributed by atoms with Gasteiger partial charge in [0.15, 0.2) is 0 Å². The highest BCUT2D eigenvalue weighted by molar-refractivity contribution is 5.79. The van der Waals surface area contributed by atoms with Crippen LogP contribution in [-0.4, -0.2) is 17.6 Å². The van der Waals surface area contributed by atoms with E-state index in [1.807, 2.05) is 31.2 Å². The molecular weight excluding hydrogens is 214 g/mol. The van der Waals surface area contributed by atoms with E-state index in [-0.39, 0.29) is 11.8 Å². The van der Waals surface area contributed by atoms with Gasteiger partial charge in [0, 0.05) is 12.5 Å². The predicted molar refractivity (Wildman–Crippen MR) is 66.5 cm³/mol. The summed E-state index contributed by atoms with van der Waals surface area (Å²) >= 11 is 0. The van der Waals surface area contributed by atoms with Gasteiger partial charge in [0.1, 0.15) is 0 Å². The normalized spacial score (nSPS) is 17.3. The van der Waals surface area contributed by atoms with Gasteiger partial charge < -0.3 is 10.4 Å². The lowest BCUT2D eigenvalue weighted by atomic mass is 9.85. The van der Waals surface area contributed by atoms with E-state index in [9.17, 15) is 9.90 Å². The van der Waals surface area contributed by atoms with Crippen molar-refractivity contribution in [3.05, 3.63) is 35.4 Å². The Morgan fingerprint density at radius 3 is 2.59 bits per heavy atom. The third-order valence-electron chi connectivity index (χ3n) is 3.41. The maximum Gasteiger partial charge on any atom is 0.223 e. The zero-order valence-electron chi connectivity index (χ0n) is 10.1. The highest BCUT2D eigenvalue weighted by atomic mass is 16.3. The number of aryl methyl sites for hydroxylation is 1.